The number of nitrogens with one attached hydrogen (secondary N) is 2. The molecule has 0 bridgehead atoms. The van der Waals surface area contributed by atoms with Crippen LogP contribution in [0, 0.1) is 0 Å². The minimum Gasteiger partial charge on any atom is -0.505 e. The lowest BCUT2D eigenvalue weighted by Crippen LogP contribution is -2.46. The Balaban J connectivity index is 1.65. The summed E-state index contributed by atoms with van der Waals surface area (Å²) in [5.74, 6) is -0.378. The molecule has 1 aromatic heterocycles. The van der Waals surface area contributed by atoms with Gasteiger partial charge < -0.3 is 21.5 Å². The predicted molar refractivity (Wildman–Crippen MR) is 140 cm³/mol. The number of aromatic hydroxyl groups is 1. The molecule has 35 heavy (non-hydrogen) atoms. The van der Waals surface area contributed by atoms with Crippen molar-refractivity contribution < 1.29 is 14.7 Å². The van der Waals surface area contributed by atoms with E-state index in [0.717, 1.165) is 53.4 Å². The van der Waals surface area contributed by atoms with E-state index in [1.165, 1.54) is 6.92 Å². The third-order valence-corrected chi connectivity index (χ3v) is 7.01. The number of pyridine rings is 1. The molecule has 1 heterocycles. The summed E-state index contributed by atoms with van der Waals surface area (Å²) in [4.78, 5) is 28.9. The van der Waals surface area contributed by atoms with E-state index in [4.69, 9.17) is 28.9 Å². The molecule has 1 unspecified atom stereocenters. The lowest BCUT2D eigenvalue weighted by Gasteiger charge is -2.31. The molecule has 1 fully saturated rings. The highest BCUT2D eigenvalue weighted by Gasteiger charge is 2.25. The van der Waals surface area contributed by atoms with Crippen LogP contribution in [0.3, 0.4) is 0 Å². The van der Waals surface area contributed by atoms with Crippen molar-refractivity contribution in [3.8, 4) is 16.9 Å². The number of nitrogens with two attached hydrogens (primary N) is 1. The molecule has 0 spiro atoms. The van der Waals surface area contributed by atoms with E-state index in [2.05, 4.69) is 15.6 Å². The third kappa shape index (κ3) is 5.53. The molecule has 0 radical (unpaired) electrons. The van der Waals surface area contributed by atoms with Gasteiger partial charge in [0.05, 0.1) is 32.9 Å². The summed E-state index contributed by atoms with van der Waals surface area (Å²) < 4.78 is 0. The number of ketones is 1. The Labute approximate surface area is 214 Å². The Bertz CT molecular complexity index is 1260. The minimum absolute atomic E-state index is 0.0825. The molecule has 1 amide bonds. The topological polar surface area (TPSA) is 117 Å². The molecule has 1 atom stereocenters. The largest absolute Gasteiger partial charge is 0.505 e. The van der Waals surface area contributed by atoms with Gasteiger partial charge in [-0.2, -0.15) is 0 Å². The van der Waals surface area contributed by atoms with Crippen molar-refractivity contribution in [3.63, 3.8) is 0 Å². The predicted octanol–water partition coefficient (Wildman–Crippen LogP) is 5.30. The smallest absolute Gasteiger partial charge is 0.236 e. The molecular formula is C26H28Cl2N4O3. The third-order valence-electron chi connectivity index (χ3n) is 6.43. The fraction of sp³-hybridized carbons (Fsp3) is 0.346. The Hall–Kier alpha value is -2.87. The van der Waals surface area contributed by atoms with Crippen molar-refractivity contribution in [2.45, 2.75) is 57.7 Å². The van der Waals surface area contributed by atoms with Crippen molar-refractivity contribution >= 4 is 51.5 Å². The molecule has 3 aromatic rings. The molecule has 0 aliphatic heterocycles. The maximum atomic E-state index is 12.5. The standard InChI is InChI=1S/C26H28Cl2N4O3/c1-13(29)26(35)32-18-6-4-17(5-7-18)31-24-19-9-15(16-10-21(27)25(34)22(28)11-16)3-8-23(19)30-12-20(24)14(2)33/h3,8-13,17-18,34H,4-7,29H2,1-2H3,(H,30,31)(H,32,35). The highest BCUT2D eigenvalue weighted by atomic mass is 35.5. The minimum atomic E-state index is -0.528. The van der Waals surface area contributed by atoms with Crippen LogP contribution < -0.4 is 16.4 Å². The number of hydrogen-bond acceptors (Lipinski definition) is 6. The maximum Gasteiger partial charge on any atom is 0.236 e. The second kappa shape index (κ2) is 10.4. The number of benzene rings is 2. The van der Waals surface area contributed by atoms with Gasteiger partial charge in [0.15, 0.2) is 11.5 Å². The van der Waals surface area contributed by atoms with Crippen LogP contribution in [0.15, 0.2) is 36.5 Å². The monoisotopic (exact) mass is 514 g/mol. The lowest BCUT2D eigenvalue weighted by atomic mass is 9.90. The molecule has 1 aliphatic rings. The fourth-order valence-electron chi connectivity index (χ4n) is 4.45. The summed E-state index contributed by atoms with van der Waals surface area (Å²) in [5.41, 5.74) is 9.24. The van der Waals surface area contributed by atoms with E-state index in [1.807, 2.05) is 18.2 Å². The van der Waals surface area contributed by atoms with Gasteiger partial charge in [0, 0.05) is 23.7 Å². The summed E-state index contributed by atoms with van der Waals surface area (Å²) in [6.07, 6.45) is 4.94. The van der Waals surface area contributed by atoms with Crippen molar-refractivity contribution in [2.75, 3.05) is 5.32 Å². The van der Waals surface area contributed by atoms with Crippen LogP contribution in [0.25, 0.3) is 22.0 Å². The van der Waals surface area contributed by atoms with E-state index in [9.17, 15) is 14.7 Å². The van der Waals surface area contributed by atoms with Crippen LogP contribution in [0.5, 0.6) is 5.75 Å². The molecular weight excluding hydrogens is 487 g/mol. The van der Waals surface area contributed by atoms with Gasteiger partial charge in [-0.15, -0.1) is 0 Å². The lowest BCUT2D eigenvalue weighted by molar-refractivity contribution is -0.122. The Morgan fingerprint density at radius 3 is 2.29 bits per heavy atom. The highest BCUT2D eigenvalue weighted by Crippen LogP contribution is 2.38. The molecule has 5 N–H and O–H groups in total. The van der Waals surface area contributed by atoms with Crippen molar-refractivity contribution in [1.29, 1.82) is 0 Å². The van der Waals surface area contributed by atoms with Gasteiger partial charge in [-0.05, 0) is 74.9 Å². The Morgan fingerprint density at radius 2 is 1.69 bits per heavy atom. The summed E-state index contributed by atoms with van der Waals surface area (Å²) in [7, 11) is 0. The first kappa shape index (κ1) is 25.2. The number of Topliss-reactive ketones (excluding diaryl/α,β-unsaturated/α-hetero) is 1. The van der Waals surface area contributed by atoms with Crippen molar-refractivity contribution in [2.24, 2.45) is 5.73 Å². The zero-order valence-electron chi connectivity index (χ0n) is 19.6. The van der Waals surface area contributed by atoms with E-state index in [0.29, 0.717) is 5.56 Å². The van der Waals surface area contributed by atoms with Crippen molar-refractivity contribution in [1.82, 2.24) is 10.3 Å². The molecule has 4 rings (SSSR count). The molecule has 9 heteroatoms. The number of aromatic nitrogens is 1. The van der Waals surface area contributed by atoms with E-state index in [1.54, 1.807) is 25.3 Å². The first-order chi connectivity index (χ1) is 16.6. The number of carbonyl (C=O) groups excluding carboxylic acids is 2. The van der Waals surface area contributed by atoms with Gasteiger partial charge in [-0.3, -0.25) is 14.6 Å². The van der Waals surface area contributed by atoms with Crippen LogP contribution in [0.1, 0.15) is 49.9 Å². The maximum absolute atomic E-state index is 12.5. The molecule has 2 aromatic carbocycles. The number of fused-ring (bicyclic) bond motifs is 1. The summed E-state index contributed by atoms with van der Waals surface area (Å²) in [6.45, 7) is 3.20. The quantitative estimate of drug-likeness (QED) is 0.331. The van der Waals surface area contributed by atoms with Gasteiger partial charge in [-0.25, -0.2) is 0 Å². The first-order valence-corrected chi connectivity index (χ1v) is 12.3. The average molecular weight is 515 g/mol. The molecule has 1 saturated carbocycles. The first-order valence-electron chi connectivity index (χ1n) is 11.6. The molecule has 1 aliphatic carbocycles. The number of phenols is 1. The zero-order chi connectivity index (χ0) is 25.3. The molecule has 0 saturated heterocycles. The van der Waals surface area contributed by atoms with Crippen LogP contribution >= 0.6 is 23.2 Å². The average Bonchev–Trinajstić information content (AvgIpc) is 2.83. The van der Waals surface area contributed by atoms with Crippen LogP contribution in [0.4, 0.5) is 5.69 Å². The molecule has 7 nitrogen and oxygen atoms in total. The van der Waals surface area contributed by atoms with E-state index < -0.39 is 6.04 Å². The Kier molecular flexibility index (Phi) is 7.50. The van der Waals surface area contributed by atoms with Gasteiger partial charge in [-0.1, -0.05) is 29.3 Å². The van der Waals surface area contributed by atoms with Gasteiger partial charge >= 0.3 is 0 Å². The SMILES string of the molecule is CC(=O)c1cnc2ccc(-c3cc(Cl)c(O)c(Cl)c3)cc2c1NC1CCC(NC(=O)C(C)N)CC1. The molecule has 184 valence electrons. The van der Waals surface area contributed by atoms with E-state index >= 15 is 0 Å². The number of amides is 1. The van der Waals surface area contributed by atoms with Crippen LogP contribution in [-0.4, -0.2) is 39.9 Å². The highest BCUT2D eigenvalue weighted by molar-refractivity contribution is 6.37. The Morgan fingerprint density at radius 1 is 1.06 bits per heavy atom. The summed E-state index contributed by atoms with van der Waals surface area (Å²) in [5, 5.41) is 17.6. The number of halogens is 2. The van der Waals surface area contributed by atoms with Gasteiger partial charge in [0.1, 0.15) is 0 Å². The summed E-state index contributed by atoms with van der Waals surface area (Å²) in [6, 6.07) is 8.75. The number of phenolic OH excluding ortho intramolecular Hbond substituents is 1. The normalized spacial score (nSPS) is 18.8. The van der Waals surface area contributed by atoms with Crippen LogP contribution in [-0.2, 0) is 4.79 Å². The van der Waals surface area contributed by atoms with E-state index in [-0.39, 0.29) is 39.6 Å². The number of carbonyl (C=O) groups is 2. The summed E-state index contributed by atoms with van der Waals surface area (Å²) >= 11 is 12.3. The van der Waals surface area contributed by atoms with Gasteiger partial charge in [0.2, 0.25) is 5.91 Å². The number of nitrogens with zero attached hydrogens (tertiary/aromatic N) is 1. The fourth-order valence-corrected chi connectivity index (χ4v) is 4.93. The second-order valence-electron chi connectivity index (χ2n) is 9.11. The van der Waals surface area contributed by atoms with Crippen LogP contribution in [0.2, 0.25) is 10.0 Å². The number of rotatable bonds is 6. The van der Waals surface area contributed by atoms with Crippen molar-refractivity contribution in [3.05, 3.63) is 52.1 Å². The second-order valence-corrected chi connectivity index (χ2v) is 9.93. The number of anilines is 1. The number of hydrogen-bond donors (Lipinski definition) is 4. The zero-order valence-corrected chi connectivity index (χ0v) is 21.1. The van der Waals surface area contributed by atoms with Gasteiger partial charge in [0.25, 0.3) is 0 Å².